The van der Waals surface area contributed by atoms with Crippen molar-refractivity contribution < 1.29 is 14.3 Å². The molecule has 7 heteroatoms. The van der Waals surface area contributed by atoms with E-state index in [9.17, 15) is 9.59 Å². The number of anilines is 1. The second kappa shape index (κ2) is 8.32. The molecular formula is C23H22Cl2N2O3. The van der Waals surface area contributed by atoms with Crippen molar-refractivity contribution in [3.63, 3.8) is 0 Å². The monoisotopic (exact) mass is 444 g/mol. The molecule has 5 nitrogen and oxygen atoms in total. The Morgan fingerprint density at radius 3 is 2.27 bits per heavy atom. The van der Waals surface area contributed by atoms with Gasteiger partial charge in [0.05, 0.1) is 18.4 Å². The van der Waals surface area contributed by atoms with Gasteiger partial charge >= 0.3 is 0 Å². The summed E-state index contributed by atoms with van der Waals surface area (Å²) in [4.78, 5) is 30.3. The Morgan fingerprint density at radius 1 is 1.00 bits per heavy atom. The molecule has 2 aromatic carbocycles. The number of methoxy groups -OCH3 is 1. The lowest BCUT2D eigenvalue weighted by Gasteiger charge is -2.33. The second-order valence-electron chi connectivity index (χ2n) is 7.72. The number of rotatable bonds is 4. The van der Waals surface area contributed by atoms with Gasteiger partial charge in [0.1, 0.15) is 11.4 Å². The summed E-state index contributed by atoms with van der Waals surface area (Å²) < 4.78 is 5.24. The van der Waals surface area contributed by atoms with E-state index in [1.807, 2.05) is 4.90 Å². The third kappa shape index (κ3) is 3.80. The average molecular weight is 445 g/mol. The molecule has 0 saturated carbocycles. The molecule has 0 spiro atoms. The zero-order valence-electron chi connectivity index (χ0n) is 16.8. The van der Waals surface area contributed by atoms with E-state index in [0.29, 0.717) is 44.2 Å². The van der Waals surface area contributed by atoms with Gasteiger partial charge in [0, 0.05) is 23.1 Å². The normalized spacial score (nSPS) is 19.7. The number of ether oxygens (including phenoxy) is 1. The van der Waals surface area contributed by atoms with E-state index >= 15 is 0 Å². The van der Waals surface area contributed by atoms with Crippen LogP contribution >= 0.6 is 23.2 Å². The summed E-state index contributed by atoms with van der Waals surface area (Å²) >= 11 is 12.3. The highest BCUT2D eigenvalue weighted by Crippen LogP contribution is 2.38. The number of likely N-dealkylation sites (tertiary alicyclic amines) is 1. The minimum absolute atomic E-state index is 0.349. The van der Waals surface area contributed by atoms with E-state index in [2.05, 4.69) is 6.92 Å². The number of nitrogens with zero attached hydrogens (tertiary/aromatic N) is 2. The van der Waals surface area contributed by atoms with Crippen molar-refractivity contribution in [3.05, 3.63) is 63.8 Å². The third-order valence-electron chi connectivity index (χ3n) is 5.52. The highest BCUT2D eigenvalue weighted by atomic mass is 35.5. The lowest BCUT2D eigenvalue weighted by molar-refractivity contribution is -0.120. The number of halogens is 2. The van der Waals surface area contributed by atoms with Gasteiger partial charge in [-0.25, -0.2) is 4.90 Å². The summed E-state index contributed by atoms with van der Waals surface area (Å²) in [5, 5.41) is 0.730. The van der Waals surface area contributed by atoms with Crippen molar-refractivity contribution in [2.45, 2.75) is 19.8 Å². The Kier molecular flexibility index (Phi) is 5.76. The van der Waals surface area contributed by atoms with Gasteiger partial charge in [0.15, 0.2) is 0 Å². The van der Waals surface area contributed by atoms with E-state index < -0.39 is 0 Å². The van der Waals surface area contributed by atoms with Crippen LogP contribution in [0.2, 0.25) is 10.0 Å². The van der Waals surface area contributed by atoms with E-state index in [-0.39, 0.29) is 11.8 Å². The minimum atomic E-state index is -0.378. The Bertz CT molecular complexity index is 1010. The third-order valence-corrected chi connectivity index (χ3v) is 5.95. The highest BCUT2D eigenvalue weighted by molar-refractivity contribution is 6.46. The van der Waals surface area contributed by atoms with Gasteiger partial charge in [-0.15, -0.1) is 0 Å². The Labute approximate surface area is 185 Å². The summed E-state index contributed by atoms with van der Waals surface area (Å²) in [6.07, 6.45) is 2.09. The zero-order valence-corrected chi connectivity index (χ0v) is 18.3. The van der Waals surface area contributed by atoms with Gasteiger partial charge in [0.2, 0.25) is 0 Å². The van der Waals surface area contributed by atoms with Crippen molar-refractivity contribution >= 4 is 46.3 Å². The van der Waals surface area contributed by atoms with Crippen LogP contribution in [-0.4, -0.2) is 36.9 Å². The number of hydrogen-bond donors (Lipinski definition) is 0. The molecule has 156 valence electrons. The first-order chi connectivity index (χ1) is 14.4. The molecule has 2 aliphatic heterocycles. The highest BCUT2D eigenvalue weighted by Gasteiger charge is 2.43. The molecule has 2 aromatic rings. The Morgan fingerprint density at radius 2 is 1.67 bits per heavy atom. The maximum Gasteiger partial charge on any atom is 0.282 e. The molecule has 0 aromatic heterocycles. The van der Waals surface area contributed by atoms with Crippen LogP contribution in [0.3, 0.4) is 0 Å². The molecule has 0 radical (unpaired) electrons. The van der Waals surface area contributed by atoms with E-state index in [0.717, 1.165) is 25.9 Å². The van der Waals surface area contributed by atoms with Gasteiger partial charge in [-0.2, -0.15) is 0 Å². The van der Waals surface area contributed by atoms with Gasteiger partial charge in [-0.1, -0.05) is 42.3 Å². The van der Waals surface area contributed by atoms with Crippen LogP contribution in [0.25, 0.3) is 5.57 Å². The maximum absolute atomic E-state index is 13.5. The second-order valence-corrected chi connectivity index (χ2v) is 8.59. The molecule has 2 amide bonds. The van der Waals surface area contributed by atoms with Gasteiger partial charge in [0.25, 0.3) is 11.8 Å². The smallest absolute Gasteiger partial charge is 0.282 e. The number of benzene rings is 2. The fourth-order valence-electron chi connectivity index (χ4n) is 4.12. The fourth-order valence-corrected chi connectivity index (χ4v) is 4.64. The van der Waals surface area contributed by atoms with Crippen LogP contribution < -0.4 is 9.64 Å². The molecule has 2 heterocycles. The first-order valence-electron chi connectivity index (χ1n) is 9.87. The zero-order chi connectivity index (χ0) is 21.4. The summed E-state index contributed by atoms with van der Waals surface area (Å²) in [6.45, 7) is 3.64. The van der Waals surface area contributed by atoms with Crippen LogP contribution in [0.15, 0.2) is 48.2 Å². The molecule has 30 heavy (non-hydrogen) atoms. The van der Waals surface area contributed by atoms with Crippen LogP contribution in [0.4, 0.5) is 5.69 Å². The van der Waals surface area contributed by atoms with E-state index in [1.54, 1.807) is 49.6 Å². The summed E-state index contributed by atoms with van der Waals surface area (Å²) in [5.41, 5.74) is 1.88. The number of piperidine rings is 1. The number of carbonyl (C=O) groups excluding carboxylic acids is 2. The molecule has 0 bridgehead atoms. The average Bonchev–Trinajstić information content (AvgIpc) is 2.97. The molecule has 1 unspecified atom stereocenters. The number of imide groups is 1. The number of amides is 2. The van der Waals surface area contributed by atoms with Crippen LogP contribution in [0.1, 0.15) is 25.3 Å². The quantitative estimate of drug-likeness (QED) is 0.621. The van der Waals surface area contributed by atoms with Crippen LogP contribution in [-0.2, 0) is 9.59 Å². The SMILES string of the molecule is COc1ccc(C2=C(N3CCCC(C)C3)C(=O)N(c3cc(Cl)cc(Cl)c3)C2=O)cc1. The Balaban J connectivity index is 1.83. The predicted molar refractivity (Wildman–Crippen MR) is 119 cm³/mol. The molecule has 0 aliphatic carbocycles. The van der Waals surface area contributed by atoms with Crippen LogP contribution in [0, 0.1) is 5.92 Å². The summed E-state index contributed by atoms with van der Waals surface area (Å²) in [6, 6.07) is 11.9. The largest absolute Gasteiger partial charge is 0.497 e. The predicted octanol–water partition coefficient (Wildman–Crippen LogP) is 5.02. The lowest BCUT2D eigenvalue weighted by atomic mass is 9.98. The molecule has 4 rings (SSSR count). The molecule has 1 saturated heterocycles. The van der Waals surface area contributed by atoms with E-state index in [4.69, 9.17) is 27.9 Å². The molecule has 1 atom stereocenters. The molecular weight excluding hydrogens is 423 g/mol. The van der Waals surface area contributed by atoms with E-state index in [1.165, 1.54) is 4.90 Å². The van der Waals surface area contributed by atoms with Gasteiger partial charge in [-0.3, -0.25) is 9.59 Å². The number of carbonyl (C=O) groups is 2. The van der Waals surface area contributed by atoms with Crippen molar-refractivity contribution in [3.8, 4) is 5.75 Å². The molecule has 2 aliphatic rings. The summed E-state index contributed by atoms with van der Waals surface area (Å²) in [5.74, 6) is 0.402. The Hall–Kier alpha value is -2.50. The van der Waals surface area contributed by atoms with Crippen molar-refractivity contribution in [1.29, 1.82) is 0 Å². The molecule has 0 N–H and O–H groups in total. The maximum atomic E-state index is 13.5. The van der Waals surface area contributed by atoms with Gasteiger partial charge < -0.3 is 9.64 Å². The van der Waals surface area contributed by atoms with Crippen LogP contribution in [0.5, 0.6) is 5.75 Å². The number of hydrogen-bond acceptors (Lipinski definition) is 4. The lowest BCUT2D eigenvalue weighted by Crippen LogP contribution is -2.39. The van der Waals surface area contributed by atoms with Crippen molar-refractivity contribution in [2.24, 2.45) is 5.92 Å². The topological polar surface area (TPSA) is 49.9 Å². The first kappa shape index (κ1) is 20.8. The standard InChI is InChI=1S/C23H22Cl2N2O3/c1-14-4-3-9-26(13-14)21-20(15-5-7-19(30-2)8-6-15)22(28)27(23(21)29)18-11-16(24)10-17(25)12-18/h5-8,10-12,14H,3-4,9,13H2,1-2H3. The first-order valence-corrected chi connectivity index (χ1v) is 10.6. The van der Waals surface area contributed by atoms with Crippen molar-refractivity contribution in [1.82, 2.24) is 4.90 Å². The minimum Gasteiger partial charge on any atom is -0.497 e. The summed E-state index contributed by atoms with van der Waals surface area (Å²) in [7, 11) is 1.59. The fraction of sp³-hybridized carbons (Fsp3) is 0.304. The van der Waals surface area contributed by atoms with Crippen molar-refractivity contribution in [2.75, 3.05) is 25.1 Å². The van der Waals surface area contributed by atoms with Gasteiger partial charge in [-0.05, 0) is 54.7 Å². The molecule has 1 fully saturated rings.